The molecule has 3 aromatic rings. The highest BCUT2D eigenvalue weighted by atomic mass is 35.5. The summed E-state index contributed by atoms with van der Waals surface area (Å²) in [6, 6.07) is 12.8. The molecule has 1 N–H and O–H groups in total. The van der Waals surface area contributed by atoms with Gasteiger partial charge in [-0.3, -0.25) is 0 Å². The lowest BCUT2D eigenvalue weighted by atomic mass is 10.1. The van der Waals surface area contributed by atoms with E-state index in [0.717, 1.165) is 5.56 Å². The number of anilines is 1. The lowest BCUT2D eigenvalue weighted by Gasteiger charge is -2.11. The van der Waals surface area contributed by atoms with Crippen LogP contribution in [-0.2, 0) is 10.0 Å². The number of hydrogen-bond donors (Lipinski definition) is 1. The van der Waals surface area contributed by atoms with Gasteiger partial charge in [0.05, 0.1) is 14.2 Å². The predicted molar refractivity (Wildman–Crippen MR) is 97.3 cm³/mol. The molecule has 0 saturated carbocycles. The third-order valence-corrected chi connectivity index (χ3v) is 5.18. The van der Waals surface area contributed by atoms with Crippen LogP contribution in [0.2, 0.25) is 5.02 Å². The van der Waals surface area contributed by atoms with Crippen LogP contribution in [0.1, 0.15) is 0 Å². The minimum Gasteiger partial charge on any atom is -0.497 e. The van der Waals surface area contributed by atoms with Crippen molar-refractivity contribution < 1.29 is 22.4 Å². The summed E-state index contributed by atoms with van der Waals surface area (Å²) in [5.74, 6) is 0.604. The second-order valence-electron chi connectivity index (χ2n) is 5.21. The lowest BCUT2D eigenvalue weighted by molar-refractivity contribution is 0.386. The number of ether oxygens (including phenoxy) is 2. The highest BCUT2D eigenvalue weighted by molar-refractivity contribution is 7.92. The number of nitrogens with one attached hydrogen (secondary N) is 1. The van der Waals surface area contributed by atoms with Crippen LogP contribution >= 0.6 is 11.6 Å². The van der Waals surface area contributed by atoms with E-state index in [0.29, 0.717) is 16.5 Å². The lowest BCUT2D eigenvalue weighted by Crippen LogP contribution is -2.13. The van der Waals surface area contributed by atoms with Gasteiger partial charge in [-0.2, -0.15) is 0 Å². The zero-order chi connectivity index (χ0) is 18.7. The fraction of sp³-hybridized carbons (Fsp3) is 0.118. The van der Waals surface area contributed by atoms with E-state index in [2.05, 4.69) is 9.88 Å². The average molecular weight is 395 g/mol. The van der Waals surface area contributed by atoms with Crippen molar-refractivity contribution in [2.75, 3.05) is 18.9 Å². The fourth-order valence-electron chi connectivity index (χ4n) is 2.26. The molecule has 0 aliphatic rings. The molecule has 136 valence electrons. The van der Waals surface area contributed by atoms with Crippen molar-refractivity contribution in [2.24, 2.45) is 0 Å². The zero-order valence-electron chi connectivity index (χ0n) is 13.9. The summed E-state index contributed by atoms with van der Waals surface area (Å²) >= 11 is 5.85. The van der Waals surface area contributed by atoms with Crippen LogP contribution in [0.5, 0.6) is 11.5 Å². The Balaban J connectivity index is 1.88. The zero-order valence-corrected chi connectivity index (χ0v) is 15.5. The molecule has 0 atom stereocenters. The number of aromatic nitrogens is 1. The van der Waals surface area contributed by atoms with E-state index >= 15 is 0 Å². The van der Waals surface area contributed by atoms with Gasteiger partial charge in [-0.1, -0.05) is 28.9 Å². The Morgan fingerprint density at radius 3 is 2.42 bits per heavy atom. The summed E-state index contributed by atoms with van der Waals surface area (Å²) < 4.78 is 42.9. The van der Waals surface area contributed by atoms with Gasteiger partial charge < -0.3 is 14.0 Å². The van der Waals surface area contributed by atoms with Crippen LogP contribution in [0.25, 0.3) is 11.3 Å². The summed E-state index contributed by atoms with van der Waals surface area (Å²) in [7, 11) is -1.09. The van der Waals surface area contributed by atoms with Crippen LogP contribution < -0.4 is 14.2 Å². The number of rotatable bonds is 6. The normalized spacial score (nSPS) is 11.2. The van der Waals surface area contributed by atoms with E-state index in [1.165, 1.54) is 38.5 Å². The van der Waals surface area contributed by atoms with Crippen molar-refractivity contribution in [3.63, 3.8) is 0 Å². The van der Waals surface area contributed by atoms with Gasteiger partial charge in [0.15, 0.2) is 0 Å². The van der Waals surface area contributed by atoms with Gasteiger partial charge in [0.1, 0.15) is 22.1 Å². The Bertz CT molecular complexity index is 1020. The third-order valence-electron chi connectivity index (χ3n) is 3.55. The highest BCUT2D eigenvalue weighted by Gasteiger charge is 2.22. The molecule has 2 aromatic carbocycles. The first kappa shape index (κ1) is 18.1. The maximum absolute atomic E-state index is 12.6. The number of benzene rings is 2. The van der Waals surface area contributed by atoms with Gasteiger partial charge in [-0.25, -0.2) is 13.1 Å². The van der Waals surface area contributed by atoms with Crippen LogP contribution in [-0.4, -0.2) is 27.8 Å². The van der Waals surface area contributed by atoms with E-state index in [-0.39, 0.29) is 16.5 Å². The number of nitrogens with zero attached hydrogens (tertiary/aromatic N) is 1. The fourth-order valence-corrected chi connectivity index (χ4v) is 3.52. The van der Waals surface area contributed by atoms with E-state index in [1.807, 2.05) is 0 Å². The second kappa shape index (κ2) is 7.27. The quantitative estimate of drug-likeness (QED) is 0.683. The predicted octanol–water partition coefficient (Wildman–Crippen LogP) is 3.81. The molecular formula is C17H15ClN2O5S. The van der Waals surface area contributed by atoms with Gasteiger partial charge in [0, 0.05) is 22.7 Å². The Hall–Kier alpha value is -2.71. The monoisotopic (exact) mass is 394 g/mol. The van der Waals surface area contributed by atoms with E-state index in [9.17, 15) is 8.42 Å². The SMILES string of the molecule is COc1ccc(S(=O)(=O)Nc2cc(-c3ccc(Cl)cc3)no2)c(OC)c1. The van der Waals surface area contributed by atoms with Gasteiger partial charge >= 0.3 is 0 Å². The van der Waals surface area contributed by atoms with Gasteiger partial charge in [0.25, 0.3) is 10.0 Å². The molecule has 0 amide bonds. The van der Waals surface area contributed by atoms with Crippen molar-refractivity contribution in [3.05, 3.63) is 53.6 Å². The molecule has 0 aliphatic carbocycles. The second-order valence-corrected chi connectivity index (χ2v) is 7.29. The summed E-state index contributed by atoms with van der Waals surface area (Å²) in [4.78, 5) is -0.0507. The molecule has 0 radical (unpaired) electrons. The van der Waals surface area contributed by atoms with Crippen LogP contribution in [0.4, 0.5) is 5.88 Å². The summed E-state index contributed by atoms with van der Waals surface area (Å²) in [5.41, 5.74) is 1.21. The Labute approximate surface area is 155 Å². The minimum absolute atomic E-state index is 0.0205. The Morgan fingerprint density at radius 2 is 1.77 bits per heavy atom. The van der Waals surface area contributed by atoms with Crippen LogP contribution in [0, 0.1) is 0 Å². The molecule has 0 spiro atoms. The minimum atomic E-state index is -3.94. The highest BCUT2D eigenvalue weighted by Crippen LogP contribution is 2.30. The first-order chi connectivity index (χ1) is 12.4. The largest absolute Gasteiger partial charge is 0.497 e. The van der Waals surface area contributed by atoms with Crippen molar-refractivity contribution in [3.8, 4) is 22.8 Å². The number of hydrogen-bond acceptors (Lipinski definition) is 6. The molecule has 0 bridgehead atoms. The third kappa shape index (κ3) is 3.76. The topological polar surface area (TPSA) is 90.7 Å². The van der Waals surface area contributed by atoms with Crippen molar-refractivity contribution in [1.29, 1.82) is 0 Å². The number of methoxy groups -OCH3 is 2. The standard InChI is InChI=1S/C17H15ClN2O5S/c1-23-13-7-8-16(15(9-13)24-2)26(21,22)20-17-10-14(19-25-17)11-3-5-12(18)6-4-11/h3-10,20H,1-2H3. The molecule has 0 unspecified atom stereocenters. The maximum atomic E-state index is 12.6. The number of halogens is 1. The van der Waals surface area contributed by atoms with Crippen molar-refractivity contribution in [2.45, 2.75) is 4.90 Å². The molecule has 9 heteroatoms. The molecular weight excluding hydrogens is 380 g/mol. The Kier molecular flexibility index (Phi) is 5.06. The number of sulfonamides is 1. The first-order valence-electron chi connectivity index (χ1n) is 7.40. The van der Waals surface area contributed by atoms with Crippen LogP contribution in [0.3, 0.4) is 0 Å². The molecule has 26 heavy (non-hydrogen) atoms. The first-order valence-corrected chi connectivity index (χ1v) is 9.26. The molecule has 1 aromatic heterocycles. The molecule has 0 aliphatic heterocycles. The van der Waals surface area contributed by atoms with Gasteiger partial charge in [0.2, 0.25) is 5.88 Å². The summed E-state index contributed by atoms with van der Waals surface area (Å²) in [6.07, 6.45) is 0. The van der Waals surface area contributed by atoms with Crippen molar-refractivity contribution in [1.82, 2.24) is 5.16 Å². The molecule has 1 heterocycles. The molecule has 0 fully saturated rings. The molecule has 7 nitrogen and oxygen atoms in total. The van der Waals surface area contributed by atoms with Crippen LogP contribution in [0.15, 0.2) is 57.9 Å². The smallest absolute Gasteiger partial charge is 0.267 e. The summed E-state index contributed by atoms with van der Waals surface area (Å²) in [6.45, 7) is 0. The molecule has 0 saturated heterocycles. The van der Waals surface area contributed by atoms with E-state index in [1.54, 1.807) is 24.3 Å². The average Bonchev–Trinajstić information content (AvgIpc) is 3.09. The summed E-state index contributed by atoms with van der Waals surface area (Å²) in [5, 5.41) is 4.46. The van der Waals surface area contributed by atoms with Gasteiger partial charge in [-0.15, -0.1) is 0 Å². The van der Waals surface area contributed by atoms with E-state index < -0.39 is 10.0 Å². The van der Waals surface area contributed by atoms with Gasteiger partial charge in [-0.05, 0) is 24.3 Å². The Morgan fingerprint density at radius 1 is 1.04 bits per heavy atom. The maximum Gasteiger partial charge on any atom is 0.267 e. The van der Waals surface area contributed by atoms with E-state index in [4.69, 9.17) is 25.6 Å². The van der Waals surface area contributed by atoms with Crippen molar-refractivity contribution >= 4 is 27.5 Å². The molecule has 3 rings (SSSR count).